The number of aryl methyl sites for hydroxylation is 1. The second-order valence-corrected chi connectivity index (χ2v) is 5.65. The van der Waals surface area contributed by atoms with Crippen LogP contribution in [-0.2, 0) is 6.54 Å². The number of amides is 1. The zero-order valence-electron chi connectivity index (χ0n) is 12.2. The number of hydrogen-bond donors (Lipinski definition) is 1. The van der Waals surface area contributed by atoms with Gasteiger partial charge in [0, 0.05) is 30.5 Å². The van der Waals surface area contributed by atoms with E-state index in [1.54, 1.807) is 31.3 Å². The van der Waals surface area contributed by atoms with Gasteiger partial charge >= 0.3 is 0 Å². The van der Waals surface area contributed by atoms with Crippen LogP contribution in [0.5, 0.6) is 0 Å². The van der Waals surface area contributed by atoms with Gasteiger partial charge in [-0.3, -0.25) is 9.78 Å². The molecule has 0 bridgehead atoms. The average Bonchev–Trinajstić information content (AvgIpc) is 2.46. The van der Waals surface area contributed by atoms with Crippen LogP contribution in [0.15, 0.2) is 34.9 Å². The highest BCUT2D eigenvalue weighted by Gasteiger charge is 2.17. The molecular weight excluding hydrogens is 332 g/mol. The summed E-state index contributed by atoms with van der Waals surface area (Å²) in [5, 5.41) is 2.94. The van der Waals surface area contributed by atoms with Gasteiger partial charge in [0.1, 0.15) is 5.82 Å². The summed E-state index contributed by atoms with van der Waals surface area (Å²) in [6.45, 7) is 2.39. The molecule has 6 heteroatoms. The molecule has 0 saturated heterocycles. The molecule has 2 aromatic heterocycles. The smallest absolute Gasteiger partial charge is 0.257 e. The molecule has 21 heavy (non-hydrogen) atoms. The number of anilines is 1. The highest BCUT2D eigenvalue weighted by molar-refractivity contribution is 9.10. The summed E-state index contributed by atoms with van der Waals surface area (Å²) in [5.41, 5.74) is 2.33. The van der Waals surface area contributed by atoms with Crippen LogP contribution in [0.4, 0.5) is 5.82 Å². The number of hydrogen-bond acceptors (Lipinski definition) is 4. The van der Waals surface area contributed by atoms with E-state index in [2.05, 4.69) is 31.2 Å². The van der Waals surface area contributed by atoms with Crippen molar-refractivity contribution in [1.82, 2.24) is 14.9 Å². The first kappa shape index (κ1) is 15.4. The van der Waals surface area contributed by atoms with Crippen LogP contribution in [0.25, 0.3) is 0 Å². The van der Waals surface area contributed by atoms with E-state index in [4.69, 9.17) is 0 Å². The maximum Gasteiger partial charge on any atom is 0.257 e. The molecule has 0 atom stereocenters. The van der Waals surface area contributed by atoms with E-state index < -0.39 is 0 Å². The summed E-state index contributed by atoms with van der Waals surface area (Å²) in [6, 6.07) is 7.55. The molecule has 110 valence electrons. The third-order valence-electron chi connectivity index (χ3n) is 3.01. The Morgan fingerprint density at radius 2 is 2.19 bits per heavy atom. The van der Waals surface area contributed by atoms with Crippen LogP contribution in [0.3, 0.4) is 0 Å². The van der Waals surface area contributed by atoms with Gasteiger partial charge in [-0.25, -0.2) is 4.98 Å². The molecule has 0 fully saturated rings. The topological polar surface area (TPSA) is 58.1 Å². The lowest BCUT2D eigenvalue weighted by Crippen LogP contribution is -2.27. The molecule has 5 nitrogen and oxygen atoms in total. The van der Waals surface area contributed by atoms with E-state index in [0.29, 0.717) is 17.9 Å². The van der Waals surface area contributed by atoms with Gasteiger partial charge in [0.15, 0.2) is 0 Å². The van der Waals surface area contributed by atoms with Gasteiger partial charge in [0.25, 0.3) is 5.91 Å². The number of carbonyl (C=O) groups is 1. The van der Waals surface area contributed by atoms with E-state index in [-0.39, 0.29) is 5.91 Å². The molecular formula is C15H17BrN4O. The minimum Gasteiger partial charge on any atom is -0.372 e. The fourth-order valence-electron chi connectivity index (χ4n) is 2.01. The fourth-order valence-corrected chi connectivity index (χ4v) is 2.34. The molecule has 0 unspecified atom stereocenters. The van der Waals surface area contributed by atoms with E-state index >= 15 is 0 Å². The number of pyridine rings is 2. The van der Waals surface area contributed by atoms with Gasteiger partial charge < -0.3 is 10.2 Å². The highest BCUT2D eigenvalue weighted by Crippen LogP contribution is 2.19. The minimum atomic E-state index is -0.101. The van der Waals surface area contributed by atoms with Crippen LogP contribution in [0, 0.1) is 6.92 Å². The van der Waals surface area contributed by atoms with Gasteiger partial charge in [-0.2, -0.15) is 0 Å². The Morgan fingerprint density at radius 1 is 1.43 bits per heavy atom. The molecule has 1 amide bonds. The van der Waals surface area contributed by atoms with E-state index in [0.717, 1.165) is 15.9 Å². The molecule has 0 aliphatic carbocycles. The zero-order valence-corrected chi connectivity index (χ0v) is 13.8. The van der Waals surface area contributed by atoms with Crippen LogP contribution in [-0.4, -0.2) is 34.9 Å². The Kier molecular flexibility index (Phi) is 4.90. The summed E-state index contributed by atoms with van der Waals surface area (Å²) < 4.78 is 0.770. The summed E-state index contributed by atoms with van der Waals surface area (Å²) >= 11 is 3.35. The lowest BCUT2D eigenvalue weighted by atomic mass is 10.2. The van der Waals surface area contributed by atoms with Crippen molar-refractivity contribution in [2.24, 2.45) is 0 Å². The monoisotopic (exact) mass is 348 g/mol. The number of nitrogens with one attached hydrogen (secondary N) is 1. The second-order valence-electron chi connectivity index (χ2n) is 4.73. The van der Waals surface area contributed by atoms with Crippen molar-refractivity contribution in [3.05, 3.63) is 51.9 Å². The minimum absolute atomic E-state index is 0.101. The molecule has 0 spiro atoms. The average molecular weight is 349 g/mol. The number of nitrogens with zero attached hydrogens (tertiary/aromatic N) is 3. The van der Waals surface area contributed by atoms with Crippen LogP contribution in [0.1, 0.15) is 21.7 Å². The molecule has 2 rings (SSSR count). The quantitative estimate of drug-likeness (QED) is 0.922. The Bertz CT molecular complexity index is 660. The summed E-state index contributed by atoms with van der Waals surface area (Å²) in [5.74, 6) is 0.462. The predicted octanol–water partition coefficient (Wildman–Crippen LogP) is 2.86. The van der Waals surface area contributed by atoms with Crippen molar-refractivity contribution in [2.45, 2.75) is 13.5 Å². The lowest BCUT2D eigenvalue weighted by molar-refractivity contribution is 0.0784. The summed E-state index contributed by atoms with van der Waals surface area (Å²) in [4.78, 5) is 22.8. The van der Waals surface area contributed by atoms with Gasteiger partial charge in [-0.05, 0) is 41.1 Å². The Balaban J connectivity index is 2.21. The van der Waals surface area contributed by atoms with E-state index in [9.17, 15) is 4.79 Å². The van der Waals surface area contributed by atoms with Crippen molar-refractivity contribution in [3.8, 4) is 0 Å². The predicted molar refractivity (Wildman–Crippen MR) is 86.3 cm³/mol. The largest absolute Gasteiger partial charge is 0.372 e. The highest BCUT2D eigenvalue weighted by atomic mass is 79.9. The first-order chi connectivity index (χ1) is 10.0. The first-order valence-electron chi connectivity index (χ1n) is 6.52. The summed E-state index contributed by atoms with van der Waals surface area (Å²) in [6.07, 6.45) is 1.66. The fraction of sp³-hybridized carbons (Fsp3) is 0.267. The van der Waals surface area contributed by atoms with Gasteiger partial charge in [-0.15, -0.1) is 0 Å². The third-order valence-corrected chi connectivity index (χ3v) is 3.45. The number of halogens is 1. The van der Waals surface area contributed by atoms with Crippen molar-refractivity contribution >= 4 is 27.7 Å². The molecule has 0 aliphatic rings. The van der Waals surface area contributed by atoms with Gasteiger partial charge in [0.2, 0.25) is 0 Å². The number of aromatic nitrogens is 2. The lowest BCUT2D eigenvalue weighted by Gasteiger charge is -2.18. The van der Waals surface area contributed by atoms with Crippen molar-refractivity contribution in [2.75, 3.05) is 19.4 Å². The molecule has 2 aromatic rings. The van der Waals surface area contributed by atoms with Crippen LogP contribution >= 0.6 is 15.9 Å². The molecule has 0 saturated carbocycles. The number of carbonyl (C=O) groups excluding carboxylic acids is 1. The molecule has 0 aliphatic heterocycles. The van der Waals surface area contributed by atoms with E-state index in [1.165, 1.54) is 0 Å². The molecule has 0 aromatic carbocycles. The maximum atomic E-state index is 12.6. The normalized spacial score (nSPS) is 10.3. The molecule has 2 heterocycles. The Labute approximate surface area is 132 Å². The van der Waals surface area contributed by atoms with Crippen molar-refractivity contribution < 1.29 is 4.79 Å². The SMILES string of the molecule is CNc1ncc(Br)cc1C(=O)N(C)Cc1cccc(C)n1. The summed E-state index contributed by atoms with van der Waals surface area (Å²) in [7, 11) is 3.50. The Morgan fingerprint density at radius 3 is 2.86 bits per heavy atom. The number of rotatable bonds is 4. The Hall–Kier alpha value is -1.95. The van der Waals surface area contributed by atoms with Gasteiger partial charge in [-0.1, -0.05) is 6.07 Å². The molecule has 1 N–H and O–H groups in total. The first-order valence-corrected chi connectivity index (χ1v) is 7.32. The second kappa shape index (κ2) is 6.67. The molecule has 0 radical (unpaired) electrons. The van der Waals surface area contributed by atoms with Crippen molar-refractivity contribution in [3.63, 3.8) is 0 Å². The van der Waals surface area contributed by atoms with Crippen LogP contribution < -0.4 is 5.32 Å². The maximum absolute atomic E-state index is 12.6. The zero-order chi connectivity index (χ0) is 15.4. The van der Waals surface area contributed by atoms with Gasteiger partial charge in [0.05, 0.1) is 17.8 Å². The van der Waals surface area contributed by atoms with E-state index in [1.807, 2.05) is 25.1 Å². The standard InChI is InChI=1S/C15H17BrN4O/c1-10-5-4-6-12(19-10)9-20(3)15(21)13-7-11(16)8-18-14(13)17-2/h4-8H,9H2,1-3H3,(H,17,18). The van der Waals surface area contributed by atoms with Crippen LogP contribution in [0.2, 0.25) is 0 Å². The third kappa shape index (κ3) is 3.78. The van der Waals surface area contributed by atoms with Crippen molar-refractivity contribution in [1.29, 1.82) is 0 Å².